The Morgan fingerprint density at radius 3 is 2.42 bits per heavy atom. The zero-order valence-corrected chi connectivity index (χ0v) is 15.1. The molecular formula is C18H18N4O3S. The molecule has 0 spiro atoms. The number of nitrogens with zero attached hydrogens (tertiary/aromatic N) is 2. The number of methoxy groups -OCH3 is 1. The van der Waals surface area contributed by atoms with Gasteiger partial charge in [0.1, 0.15) is 17.9 Å². The van der Waals surface area contributed by atoms with Crippen molar-refractivity contribution in [2.24, 2.45) is 0 Å². The first-order chi connectivity index (χ1) is 12.5. The molecule has 0 bridgehead atoms. The minimum atomic E-state index is -3.46. The monoisotopic (exact) mass is 370 g/mol. The molecule has 134 valence electrons. The Morgan fingerprint density at radius 2 is 1.73 bits per heavy atom. The zero-order valence-electron chi connectivity index (χ0n) is 14.3. The predicted octanol–water partition coefficient (Wildman–Crippen LogP) is 2.80. The highest BCUT2D eigenvalue weighted by Crippen LogP contribution is 2.29. The van der Waals surface area contributed by atoms with Crippen LogP contribution in [0.4, 0.5) is 11.5 Å². The number of hydrogen-bond acceptors (Lipinski definition) is 6. The molecule has 0 saturated heterocycles. The summed E-state index contributed by atoms with van der Waals surface area (Å²) in [6.07, 6.45) is 1.46. The van der Waals surface area contributed by atoms with E-state index in [0.717, 1.165) is 11.3 Å². The molecule has 0 atom stereocenters. The highest BCUT2D eigenvalue weighted by atomic mass is 32.2. The van der Waals surface area contributed by atoms with Crippen molar-refractivity contribution in [1.29, 1.82) is 0 Å². The first-order valence-electron chi connectivity index (χ1n) is 7.79. The molecule has 26 heavy (non-hydrogen) atoms. The third-order valence-electron chi connectivity index (χ3n) is 3.76. The number of aromatic nitrogens is 2. The van der Waals surface area contributed by atoms with Crippen molar-refractivity contribution in [1.82, 2.24) is 14.7 Å². The van der Waals surface area contributed by atoms with Crippen LogP contribution in [0.3, 0.4) is 0 Å². The van der Waals surface area contributed by atoms with Crippen LogP contribution in [0.2, 0.25) is 0 Å². The van der Waals surface area contributed by atoms with E-state index in [-0.39, 0.29) is 4.90 Å². The minimum Gasteiger partial charge on any atom is -0.496 e. The first kappa shape index (κ1) is 17.8. The summed E-state index contributed by atoms with van der Waals surface area (Å²) in [5.74, 6) is 1.31. The van der Waals surface area contributed by atoms with E-state index >= 15 is 0 Å². The number of ether oxygens (including phenoxy) is 1. The highest BCUT2D eigenvalue weighted by Gasteiger charge is 2.11. The summed E-state index contributed by atoms with van der Waals surface area (Å²) in [6.45, 7) is 0. The fraction of sp³-hybridized carbons (Fsp3) is 0.111. The molecule has 0 aliphatic rings. The van der Waals surface area contributed by atoms with Crippen LogP contribution < -0.4 is 14.8 Å². The van der Waals surface area contributed by atoms with Gasteiger partial charge in [-0.1, -0.05) is 12.1 Å². The highest BCUT2D eigenvalue weighted by molar-refractivity contribution is 7.89. The normalized spacial score (nSPS) is 11.2. The number of sulfonamides is 1. The van der Waals surface area contributed by atoms with Crippen LogP contribution in [-0.2, 0) is 10.0 Å². The largest absolute Gasteiger partial charge is 0.496 e. The third kappa shape index (κ3) is 3.81. The van der Waals surface area contributed by atoms with E-state index in [0.29, 0.717) is 17.2 Å². The van der Waals surface area contributed by atoms with Gasteiger partial charge in [0.25, 0.3) is 0 Å². The zero-order chi connectivity index (χ0) is 18.6. The summed E-state index contributed by atoms with van der Waals surface area (Å²) in [5, 5.41) is 3.14. The number of rotatable bonds is 6. The van der Waals surface area contributed by atoms with E-state index in [1.165, 1.54) is 25.5 Å². The van der Waals surface area contributed by atoms with Crippen molar-refractivity contribution in [2.45, 2.75) is 4.90 Å². The fourth-order valence-electron chi connectivity index (χ4n) is 2.41. The molecule has 0 saturated carbocycles. The molecule has 3 rings (SSSR count). The van der Waals surface area contributed by atoms with Gasteiger partial charge in [0.05, 0.1) is 17.7 Å². The lowest BCUT2D eigenvalue weighted by atomic mass is 10.1. The second kappa shape index (κ2) is 7.51. The van der Waals surface area contributed by atoms with Crippen molar-refractivity contribution in [3.63, 3.8) is 0 Å². The van der Waals surface area contributed by atoms with Crippen LogP contribution in [0, 0.1) is 0 Å². The minimum absolute atomic E-state index is 0.197. The molecule has 0 radical (unpaired) electrons. The van der Waals surface area contributed by atoms with Crippen LogP contribution in [-0.4, -0.2) is 32.5 Å². The van der Waals surface area contributed by atoms with Gasteiger partial charge in [0.2, 0.25) is 10.0 Å². The van der Waals surface area contributed by atoms with Crippen LogP contribution >= 0.6 is 0 Å². The number of benzene rings is 2. The first-order valence-corrected chi connectivity index (χ1v) is 9.28. The summed E-state index contributed by atoms with van der Waals surface area (Å²) >= 11 is 0. The molecule has 0 unspecified atom stereocenters. The van der Waals surface area contributed by atoms with Crippen molar-refractivity contribution >= 4 is 21.5 Å². The Kier molecular flexibility index (Phi) is 5.15. The van der Waals surface area contributed by atoms with Gasteiger partial charge in [-0.05, 0) is 43.4 Å². The smallest absolute Gasteiger partial charge is 0.240 e. The maximum Gasteiger partial charge on any atom is 0.240 e. The third-order valence-corrected chi connectivity index (χ3v) is 5.19. The van der Waals surface area contributed by atoms with Crippen molar-refractivity contribution in [2.75, 3.05) is 19.5 Å². The van der Waals surface area contributed by atoms with E-state index < -0.39 is 10.0 Å². The van der Waals surface area contributed by atoms with Crippen LogP contribution in [0.5, 0.6) is 5.75 Å². The van der Waals surface area contributed by atoms with Crippen molar-refractivity contribution in [3.8, 4) is 17.0 Å². The van der Waals surface area contributed by atoms with Gasteiger partial charge in [0, 0.05) is 17.3 Å². The van der Waals surface area contributed by atoms with Crippen molar-refractivity contribution < 1.29 is 13.2 Å². The molecule has 8 heteroatoms. The van der Waals surface area contributed by atoms with E-state index in [1.54, 1.807) is 25.3 Å². The molecule has 2 N–H and O–H groups in total. The van der Waals surface area contributed by atoms with Crippen LogP contribution in [0.15, 0.2) is 65.8 Å². The Labute approximate surface area is 152 Å². The lowest BCUT2D eigenvalue weighted by molar-refractivity contribution is 0.416. The van der Waals surface area contributed by atoms with Crippen LogP contribution in [0.25, 0.3) is 11.3 Å². The van der Waals surface area contributed by atoms with Gasteiger partial charge in [0.15, 0.2) is 0 Å². The average Bonchev–Trinajstić information content (AvgIpc) is 2.68. The topological polar surface area (TPSA) is 93.2 Å². The Bertz CT molecular complexity index is 1000. The number of nitrogens with one attached hydrogen (secondary N) is 2. The molecule has 7 nitrogen and oxygen atoms in total. The maximum atomic E-state index is 11.8. The second-order valence-corrected chi connectivity index (χ2v) is 7.23. The SMILES string of the molecule is CNS(=O)(=O)c1ccc(Nc2cc(-c3ccccc3OC)ncn2)cc1. The standard InChI is InChI=1S/C18H18N4O3S/c1-19-26(23,24)14-9-7-13(8-10-14)22-18-11-16(20-12-21-18)15-5-3-4-6-17(15)25-2/h3-12,19H,1-2H3,(H,20,21,22). The Balaban J connectivity index is 1.85. The van der Waals surface area contributed by atoms with Crippen LogP contribution in [0.1, 0.15) is 0 Å². The summed E-state index contributed by atoms with van der Waals surface area (Å²) < 4.78 is 31.2. The summed E-state index contributed by atoms with van der Waals surface area (Å²) in [6, 6.07) is 15.8. The summed E-state index contributed by atoms with van der Waals surface area (Å²) in [4.78, 5) is 8.71. The predicted molar refractivity (Wildman–Crippen MR) is 100.0 cm³/mol. The van der Waals surface area contributed by atoms with Gasteiger partial charge < -0.3 is 10.1 Å². The van der Waals surface area contributed by atoms with Gasteiger partial charge in [-0.15, -0.1) is 0 Å². The van der Waals surface area contributed by atoms with Gasteiger partial charge >= 0.3 is 0 Å². The maximum absolute atomic E-state index is 11.8. The molecule has 0 aliphatic heterocycles. The summed E-state index contributed by atoms with van der Waals surface area (Å²) in [5.41, 5.74) is 2.29. The molecule has 0 amide bonds. The number of para-hydroxylation sites is 1. The van der Waals surface area contributed by atoms with Gasteiger partial charge in [-0.2, -0.15) is 0 Å². The molecule has 0 fully saturated rings. The number of anilines is 2. The summed E-state index contributed by atoms with van der Waals surface area (Å²) in [7, 11) is -0.468. The van der Waals surface area contributed by atoms with E-state index in [4.69, 9.17) is 4.74 Å². The molecule has 0 aliphatic carbocycles. The van der Waals surface area contributed by atoms with E-state index in [2.05, 4.69) is 20.0 Å². The quantitative estimate of drug-likeness (QED) is 0.693. The molecule has 1 aromatic heterocycles. The molecule has 2 aromatic carbocycles. The average molecular weight is 370 g/mol. The fourth-order valence-corrected chi connectivity index (χ4v) is 3.14. The Hall–Kier alpha value is -2.97. The van der Waals surface area contributed by atoms with Gasteiger partial charge in [-0.25, -0.2) is 23.1 Å². The number of hydrogen-bond donors (Lipinski definition) is 2. The lowest BCUT2D eigenvalue weighted by Gasteiger charge is -2.10. The van der Waals surface area contributed by atoms with Gasteiger partial charge in [-0.3, -0.25) is 0 Å². The molecular weight excluding hydrogens is 352 g/mol. The Morgan fingerprint density at radius 1 is 1.00 bits per heavy atom. The lowest BCUT2D eigenvalue weighted by Crippen LogP contribution is -2.18. The molecule has 1 heterocycles. The van der Waals surface area contributed by atoms with E-state index in [9.17, 15) is 8.42 Å². The molecule has 3 aromatic rings. The second-order valence-electron chi connectivity index (χ2n) is 5.35. The van der Waals surface area contributed by atoms with E-state index in [1.807, 2.05) is 24.3 Å². The van der Waals surface area contributed by atoms with Crippen molar-refractivity contribution in [3.05, 3.63) is 60.9 Å².